The molecule has 2 saturated heterocycles. The number of benzene rings is 1. The second kappa shape index (κ2) is 9.10. The summed E-state index contributed by atoms with van der Waals surface area (Å²) in [6.07, 6.45) is 3.24. The summed E-state index contributed by atoms with van der Waals surface area (Å²) in [4.78, 5) is 14.7. The minimum absolute atomic E-state index is 0.0902. The van der Waals surface area contributed by atoms with Gasteiger partial charge in [0.25, 0.3) is 10.0 Å². The number of fused-ring (bicyclic) bond motifs is 1. The Hall–Kier alpha value is -1.79. The molecule has 2 fully saturated rings. The van der Waals surface area contributed by atoms with E-state index in [0.717, 1.165) is 15.0 Å². The van der Waals surface area contributed by atoms with Crippen LogP contribution in [0.15, 0.2) is 24.4 Å². The Morgan fingerprint density at radius 1 is 1.21 bits per heavy atom. The minimum Gasteiger partial charge on any atom is -0.347 e. The van der Waals surface area contributed by atoms with Gasteiger partial charge in [-0.05, 0) is 30.2 Å². The van der Waals surface area contributed by atoms with Crippen LogP contribution in [0.4, 0.5) is 0 Å². The zero-order chi connectivity index (χ0) is 23.9. The molecule has 33 heavy (non-hydrogen) atoms. The van der Waals surface area contributed by atoms with Crippen molar-refractivity contribution in [3.63, 3.8) is 0 Å². The molecule has 2 aromatic rings. The fourth-order valence-corrected chi connectivity index (χ4v) is 8.67. The summed E-state index contributed by atoms with van der Waals surface area (Å²) in [5, 5.41) is 4.87. The first-order chi connectivity index (χ1) is 15.5. The lowest BCUT2D eigenvalue weighted by atomic mass is 10.0. The quantitative estimate of drug-likeness (QED) is 0.583. The van der Waals surface area contributed by atoms with Crippen LogP contribution in [0.2, 0.25) is 25.7 Å². The van der Waals surface area contributed by atoms with Gasteiger partial charge in [-0.1, -0.05) is 25.7 Å². The van der Waals surface area contributed by atoms with E-state index in [1.54, 1.807) is 17.2 Å². The lowest BCUT2D eigenvalue weighted by molar-refractivity contribution is -0.187. The van der Waals surface area contributed by atoms with E-state index in [-0.39, 0.29) is 11.7 Å². The molecule has 2 aliphatic heterocycles. The number of rotatable bonds is 7. The fourth-order valence-electron chi connectivity index (χ4n) is 4.36. The molecule has 0 radical (unpaired) electrons. The van der Waals surface area contributed by atoms with E-state index in [9.17, 15) is 13.2 Å². The normalized spacial score (nSPS) is 19.9. The first-order valence-corrected chi connectivity index (χ1v) is 16.8. The Morgan fingerprint density at radius 2 is 1.88 bits per heavy atom. The zero-order valence-electron chi connectivity index (χ0n) is 19.6. The van der Waals surface area contributed by atoms with Crippen molar-refractivity contribution in [1.82, 2.24) is 14.1 Å². The number of carbonyl (C=O) groups is 1. The molecule has 9 nitrogen and oxygen atoms in total. The van der Waals surface area contributed by atoms with Crippen molar-refractivity contribution in [1.29, 1.82) is 0 Å². The fraction of sp³-hybridized carbons (Fsp3) is 0.636. The summed E-state index contributed by atoms with van der Waals surface area (Å²) < 4.78 is 38.2. The smallest absolute Gasteiger partial charge is 0.254 e. The van der Waals surface area contributed by atoms with Gasteiger partial charge in [-0.15, -0.1) is 0 Å². The summed E-state index contributed by atoms with van der Waals surface area (Å²) in [6, 6.07) is 5.46. The van der Waals surface area contributed by atoms with Crippen molar-refractivity contribution < 1.29 is 22.7 Å². The lowest BCUT2D eigenvalue weighted by Gasteiger charge is -2.38. The molecule has 3 heterocycles. The molecule has 1 unspecified atom stereocenters. The van der Waals surface area contributed by atoms with Gasteiger partial charge in [0, 0.05) is 39.4 Å². The van der Waals surface area contributed by atoms with Crippen LogP contribution in [0.3, 0.4) is 0 Å². The van der Waals surface area contributed by atoms with E-state index in [1.807, 2.05) is 12.1 Å². The topological polar surface area (TPSA) is 117 Å². The van der Waals surface area contributed by atoms with E-state index >= 15 is 0 Å². The van der Waals surface area contributed by atoms with Crippen molar-refractivity contribution in [2.45, 2.75) is 56.8 Å². The molecular weight excluding hydrogens is 460 g/mol. The van der Waals surface area contributed by atoms with Crippen LogP contribution in [0.1, 0.15) is 18.4 Å². The van der Waals surface area contributed by atoms with Crippen LogP contribution in [-0.4, -0.2) is 80.4 Å². The van der Waals surface area contributed by atoms with Gasteiger partial charge in [0.1, 0.15) is 0 Å². The van der Waals surface area contributed by atoms with E-state index in [0.29, 0.717) is 57.1 Å². The van der Waals surface area contributed by atoms with Gasteiger partial charge in [0.2, 0.25) is 5.91 Å². The first kappa shape index (κ1) is 24.3. The summed E-state index contributed by atoms with van der Waals surface area (Å²) in [5.74, 6) is -0.525. The Kier molecular flexibility index (Phi) is 6.71. The summed E-state index contributed by atoms with van der Waals surface area (Å²) >= 11 is 0. The average Bonchev–Trinajstić information content (AvgIpc) is 3.39. The molecule has 11 heteroatoms. The SMILES string of the molecule is C[Si](C)(C)CCS(=O)(=O)n1ncc2cc(CC(N)C(=O)N3CCC4(CC3)OCCO4)ccc21. The van der Waals surface area contributed by atoms with Gasteiger partial charge in [0.05, 0.1) is 36.7 Å². The van der Waals surface area contributed by atoms with Crippen LogP contribution in [0.25, 0.3) is 10.9 Å². The summed E-state index contributed by atoms with van der Waals surface area (Å²) in [5.41, 5.74) is 7.68. The van der Waals surface area contributed by atoms with Crippen LogP contribution < -0.4 is 5.73 Å². The molecule has 182 valence electrons. The predicted octanol–water partition coefficient (Wildman–Crippen LogP) is 1.79. The van der Waals surface area contributed by atoms with Crippen molar-refractivity contribution in [2.24, 2.45) is 5.73 Å². The predicted molar refractivity (Wildman–Crippen MR) is 129 cm³/mol. The number of ether oxygens (including phenoxy) is 2. The van der Waals surface area contributed by atoms with E-state index in [1.165, 1.54) is 0 Å². The minimum atomic E-state index is -3.52. The van der Waals surface area contributed by atoms with Crippen molar-refractivity contribution in [3.8, 4) is 0 Å². The molecule has 1 aromatic heterocycles. The average molecular weight is 495 g/mol. The molecule has 2 aliphatic rings. The standard InChI is InChI=1S/C22H34N4O5SSi/c1-33(2,3)13-12-32(28,29)26-20-5-4-17(14-18(20)16-24-26)15-19(23)21(27)25-8-6-22(7-9-25)30-10-11-31-22/h4-5,14,16,19H,6-13,15,23H2,1-3H3. The van der Waals surface area contributed by atoms with Gasteiger partial charge < -0.3 is 20.1 Å². The molecule has 1 aromatic carbocycles. The van der Waals surface area contributed by atoms with Gasteiger partial charge in [-0.3, -0.25) is 4.79 Å². The Labute approximate surface area is 196 Å². The highest BCUT2D eigenvalue weighted by Gasteiger charge is 2.41. The van der Waals surface area contributed by atoms with Gasteiger partial charge in [-0.2, -0.15) is 9.19 Å². The third-order valence-electron chi connectivity index (χ3n) is 6.40. The van der Waals surface area contributed by atoms with Crippen LogP contribution in [-0.2, 0) is 30.7 Å². The Bertz CT molecular complexity index is 1110. The number of piperidine rings is 1. The highest BCUT2D eigenvalue weighted by Crippen LogP contribution is 2.31. The highest BCUT2D eigenvalue weighted by molar-refractivity contribution is 7.90. The number of amides is 1. The third-order valence-corrected chi connectivity index (χ3v) is 10.0. The van der Waals surface area contributed by atoms with Crippen molar-refractivity contribution in [3.05, 3.63) is 30.0 Å². The number of carbonyl (C=O) groups excluding carboxylic acids is 1. The summed E-state index contributed by atoms with van der Waals surface area (Å²) in [7, 11) is -5.01. The molecule has 1 amide bonds. The first-order valence-electron chi connectivity index (χ1n) is 11.5. The molecular formula is C22H34N4O5SSi. The number of hydrogen-bond acceptors (Lipinski definition) is 7. The van der Waals surface area contributed by atoms with Crippen LogP contribution in [0, 0.1) is 0 Å². The lowest BCUT2D eigenvalue weighted by Crippen LogP contribution is -2.52. The molecule has 2 N–H and O–H groups in total. The second-order valence-corrected chi connectivity index (χ2v) is 17.8. The maximum Gasteiger partial charge on any atom is 0.254 e. The molecule has 0 aliphatic carbocycles. The largest absolute Gasteiger partial charge is 0.347 e. The molecule has 1 spiro atoms. The van der Waals surface area contributed by atoms with E-state index < -0.39 is 29.9 Å². The van der Waals surface area contributed by atoms with E-state index in [2.05, 4.69) is 24.7 Å². The number of nitrogens with zero attached hydrogens (tertiary/aromatic N) is 3. The van der Waals surface area contributed by atoms with Crippen molar-refractivity contribution >= 4 is 34.9 Å². The number of nitrogens with two attached hydrogens (primary N) is 1. The van der Waals surface area contributed by atoms with Crippen LogP contribution in [0.5, 0.6) is 0 Å². The van der Waals surface area contributed by atoms with Gasteiger partial charge >= 0.3 is 0 Å². The Balaban J connectivity index is 1.40. The van der Waals surface area contributed by atoms with E-state index in [4.69, 9.17) is 15.2 Å². The Morgan fingerprint density at radius 3 is 2.52 bits per heavy atom. The molecule has 1 atom stereocenters. The number of likely N-dealkylation sites (tertiary alicyclic amines) is 1. The molecule has 0 bridgehead atoms. The second-order valence-electron chi connectivity index (χ2n) is 10.3. The maximum atomic E-state index is 12.9. The zero-order valence-corrected chi connectivity index (χ0v) is 21.4. The summed E-state index contributed by atoms with van der Waals surface area (Å²) in [6.45, 7) is 8.79. The van der Waals surface area contributed by atoms with Gasteiger partial charge in [-0.25, -0.2) is 8.42 Å². The maximum absolute atomic E-state index is 12.9. The van der Waals surface area contributed by atoms with Gasteiger partial charge in [0.15, 0.2) is 5.79 Å². The molecule has 0 saturated carbocycles. The molecule has 4 rings (SSSR count). The highest BCUT2D eigenvalue weighted by atomic mass is 32.2. The van der Waals surface area contributed by atoms with Crippen molar-refractivity contribution in [2.75, 3.05) is 32.1 Å². The third kappa shape index (κ3) is 5.48. The van der Waals surface area contributed by atoms with Crippen LogP contribution >= 0.6 is 0 Å². The number of aromatic nitrogens is 2. The monoisotopic (exact) mass is 494 g/mol. The number of hydrogen-bond donors (Lipinski definition) is 1.